The van der Waals surface area contributed by atoms with E-state index in [1.807, 2.05) is 43.0 Å². The second-order valence-electron chi connectivity index (χ2n) is 11.4. The van der Waals surface area contributed by atoms with Gasteiger partial charge in [0.15, 0.2) is 0 Å². The van der Waals surface area contributed by atoms with E-state index >= 15 is 0 Å². The van der Waals surface area contributed by atoms with Crippen LogP contribution in [0.1, 0.15) is 67.4 Å². The van der Waals surface area contributed by atoms with E-state index in [0.29, 0.717) is 38.1 Å². The highest BCUT2D eigenvalue weighted by molar-refractivity contribution is 6.01. The molecule has 0 saturated carbocycles. The van der Waals surface area contributed by atoms with Crippen molar-refractivity contribution in [1.29, 1.82) is 0 Å². The second-order valence-corrected chi connectivity index (χ2v) is 11.4. The van der Waals surface area contributed by atoms with Gasteiger partial charge in [0.25, 0.3) is 5.91 Å². The van der Waals surface area contributed by atoms with Gasteiger partial charge in [-0.1, -0.05) is 50.2 Å². The molecule has 4 N–H and O–H groups in total. The minimum absolute atomic E-state index is 0.133. The molecule has 43 heavy (non-hydrogen) atoms. The Kier molecular flexibility index (Phi) is 11.1. The molecule has 0 bridgehead atoms. The van der Waals surface area contributed by atoms with Crippen LogP contribution in [0.25, 0.3) is 0 Å². The lowest BCUT2D eigenvalue weighted by molar-refractivity contribution is -0.131. The number of hydrogen-bond donors (Lipinski definition) is 4. The van der Waals surface area contributed by atoms with Gasteiger partial charge >= 0.3 is 0 Å². The summed E-state index contributed by atoms with van der Waals surface area (Å²) >= 11 is 0. The Morgan fingerprint density at radius 1 is 1.02 bits per heavy atom. The van der Waals surface area contributed by atoms with Gasteiger partial charge in [0.05, 0.1) is 18.6 Å². The fraction of sp³-hybridized carbons (Fsp3) is 0.469. The number of nitrogens with one attached hydrogen (secondary N) is 4. The van der Waals surface area contributed by atoms with Crippen LogP contribution in [-0.4, -0.2) is 66.2 Å². The molecule has 2 aliphatic heterocycles. The lowest BCUT2D eigenvalue weighted by Gasteiger charge is -2.22. The number of nitrogens with zero attached hydrogens (tertiary/aromatic N) is 1. The van der Waals surface area contributed by atoms with Crippen LogP contribution in [0.2, 0.25) is 0 Å². The maximum atomic E-state index is 13.4. The van der Waals surface area contributed by atoms with E-state index in [9.17, 15) is 24.0 Å². The van der Waals surface area contributed by atoms with Crippen molar-refractivity contribution in [3.63, 3.8) is 0 Å². The molecule has 2 heterocycles. The molecular formula is C32H41N5O6. The molecule has 2 atom stereocenters. The molecule has 2 aromatic rings. The molecule has 0 aromatic heterocycles. The van der Waals surface area contributed by atoms with Crippen LogP contribution in [0.5, 0.6) is 5.75 Å². The minimum Gasteiger partial charge on any atom is -0.493 e. The molecule has 2 aliphatic rings. The molecule has 1 saturated heterocycles. The van der Waals surface area contributed by atoms with Crippen molar-refractivity contribution in [3.05, 3.63) is 65.2 Å². The molecule has 1 fully saturated rings. The topological polar surface area (TPSA) is 146 Å². The van der Waals surface area contributed by atoms with Gasteiger partial charge in [-0.25, -0.2) is 0 Å². The number of para-hydroxylation sites is 1. The normalized spacial score (nSPS) is 20.2. The lowest BCUT2D eigenvalue weighted by atomic mass is 10.0. The van der Waals surface area contributed by atoms with Crippen molar-refractivity contribution in [2.45, 2.75) is 71.1 Å². The summed E-state index contributed by atoms with van der Waals surface area (Å²) in [4.78, 5) is 66.7. The maximum absolute atomic E-state index is 13.4. The summed E-state index contributed by atoms with van der Waals surface area (Å²) in [5, 5.41) is 11.1. The van der Waals surface area contributed by atoms with Crippen molar-refractivity contribution in [2.75, 3.05) is 19.7 Å². The van der Waals surface area contributed by atoms with Crippen LogP contribution in [-0.2, 0) is 32.3 Å². The Morgan fingerprint density at radius 2 is 1.81 bits per heavy atom. The number of hydrogen-bond acceptors (Lipinski definition) is 6. The van der Waals surface area contributed by atoms with Crippen molar-refractivity contribution in [2.24, 2.45) is 5.92 Å². The standard InChI is InChI=1S/C32H41N5O6/c1-21(2)16-25-31(41)33-13-7-15-43-27-11-4-3-10-24(27)30(40)36-26(18-28(38)35-25)32(42)34-19-22-8-5-9-23(17-22)20-37-14-6-12-29(37)39/h3-5,8-11,17,21,25-26H,6-7,12-16,18-20H2,1-2H3,(H,33,41)(H,34,42)(H,35,38)(H,36,40)/t25-,26+/m1/s1. The number of benzene rings is 2. The van der Waals surface area contributed by atoms with Gasteiger partial charge in [0.1, 0.15) is 17.8 Å². The van der Waals surface area contributed by atoms with Crippen LogP contribution in [0.3, 0.4) is 0 Å². The lowest BCUT2D eigenvalue weighted by Crippen LogP contribution is -2.52. The Hall–Kier alpha value is -4.41. The Balaban J connectivity index is 1.50. The van der Waals surface area contributed by atoms with Gasteiger partial charge in [0, 0.05) is 32.6 Å². The number of rotatable bonds is 7. The summed E-state index contributed by atoms with van der Waals surface area (Å²) in [5.74, 6) is -1.32. The maximum Gasteiger partial charge on any atom is 0.255 e. The van der Waals surface area contributed by atoms with Crippen molar-refractivity contribution in [3.8, 4) is 5.75 Å². The quantitative estimate of drug-likeness (QED) is 0.388. The van der Waals surface area contributed by atoms with Crippen molar-refractivity contribution in [1.82, 2.24) is 26.2 Å². The van der Waals surface area contributed by atoms with E-state index in [4.69, 9.17) is 4.74 Å². The third kappa shape index (κ3) is 9.29. The van der Waals surface area contributed by atoms with Crippen LogP contribution in [0.15, 0.2) is 48.5 Å². The second kappa shape index (κ2) is 15.2. The Labute approximate surface area is 252 Å². The number of fused-ring (bicyclic) bond motifs is 1. The summed E-state index contributed by atoms with van der Waals surface area (Å²) in [6, 6.07) is 12.3. The third-order valence-corrected chi connectivity index (χ3v) is 7.38. The molecule has 11 nitrogen and oxygen atoms in total. The first kappa shape index (κ1) is 31.5. The molecule has 0 radical (unpaired) electrons. The number of carbonyl (C=O) groups excluding carboxylic acids is 5. The third-order valence-electron chi connectivity index (χ3n) is 7.38. The van der Waals surface area contributed by atoms with E-state index in [1.165, 1.54) is 0 Å². The molecule has 11 heteroatoms. The highest BCUT2D eigenvalue weighted by Crippen LogP contribution is 2.19. The summed E-state index contributed by atoms with van der Waals surface area (Å²) in [7, 11) is 0. The van der Waals surface area contributed by atoms with Crippen LogP contribution < -0.4 is 26.0 Å². The predicted molar refractivity (Wildman–Crippen MR) is 160 cm³/mol. The zero-order chi connectivity index (χ0) is 30.8. The van der Waals surface area contributed by atoms with Gasteiger partial charge in [-0.3, -0.25) is 24.0 Å². The average Bonchev–Trinajstić information content (AvgIpc) is 3.38. The molecule has 230 valence electrons. The summed E-state index contributed by atoms with van der Waals surface area (Å²) < 4.78 is 5.83. The van der Waals surface area contributed by atoms with Crippen LogP contribution >= 0.6 is 0 Å². The van der Waals surface area contributed by atoms with Gasteiger partial charge < -0.3 is 30.9 Å². The predicted octanol–water partition coefficient (Wildman–Crippen LogP) is 2.04. The van der Waals surface area contributed by atoms with Gasteiger partial charge in [-0.15, -0.1) is 0 Å². The summed E-state index contributed by atoms with van der Waals surface area (Å²) in [6.07, 6.45) is 1.98. The summed E-state index contributed by atoms with van der Waals surface area (Å²) in [6.45, 7) is 5.91. The average molecular weight is 592 g/mol. The van der Waals surface area contributed by atoms with Crippen LogP contribution in [0, 0.1) is 5.92 Å². The Morgan fingerprint density at radius 3 is 2.58 bits per heavy atom. The van der Waals surface area contributed by atoms with E-state index in [2.05, 4.69) is 21.3 Å². The van der Waals surface area contributed by atoms with E-state index in [-0.39, 0.29) is 42.9 Å². The van der Waals surface area contributed by atoms with Crippen LogP contribution in [0.4, 0.5) is 0 Å². The van der Waals surface area contributed by atoms with E-state index < -0.39 is 29.8 Å². The van der Waals surface area contributed by atoms with E-state index in [1.54, 1.807) is 24.3 Å². The molecule has 0 spiro atoms. The van der Waals surface area contributed by atoms with Gasteiger partial charge in [-0.2, -0.15) is 0 Å². The largest absolute Gasteiger partial charge is 0.493 e. The first-order chi connectivity index (χ1) is 20.7. The number of likely N-dealkylation sites (tertiary alicyclic amines) is 1. The van der Waals surface area contributed by atoms with Gasteiger partial charge in [-0.05, 0) is 48.4 Å². The SMILES string of the molecule is CC(C)C[C@H]1NC(=O)C[C@@H](C(=O)NCc2cccc(CN3CCCC3=O)c2)NC(=O)c2ccccc2OCCCNC1=O. The first-order valence-corrected chi connectivity index (χ1v) is 14.9. The van der Waals surface area contributed by atoms with Gasteiger partial charge in [0.2, 0.25) is 23.6 Å². The first-order valence-electron chi connectivity index (χ1n) is 14.9. The molecule has 5 amide bonds. The molecule has 0 unspecified atom stereocenters. The molecular weight excluding hydrogens is 550 g/mol. The highest BCUT2D eigenvalue weighted by atomic mass is 16.5. The molecule has 2 aromatic carbocycles. The zero-order valence-electron chi connectivity index (χ0n) is 24.8. The smallest absolute Gasteiger partial charge is 0.255 e. The Bertz CT molecular complexity index is 1330. The van der Waals surface area contributed by atoms with Crippen molar-refractivity contribution < 1.29 is 28.7 Å². The fourth-order valence-electron chi connectivity index (χ4n) is 5.20. The number of carbonyl (C=O) groups is 5. The molecule has 0 aliphatic carbocycles. The zero-order valence-corrected chi connectivity index (χ0v) is 24.8. The monoisotopic (exact) mass is 591 g/mol. The fourth-order valence-corrected chi connectivity index (χ4v) is 5.20. The minimum atomic E-state index is -1.21. The highest BCUT2D eigenvalue weighted by Gasteiger charge is 2.29. The van der Waals surface area contributed by atoms with E-state index in [0.717, 1.165) is 24.1 Å². The number of ether oxygens (including phenoxy) is 1. The molecule has 4 rings (SSSR count). The number of amides is 5. The van der Waals surface area contributed by atoms with Crippen molar-refractivity contribution >= 4 is 29.5 Å². The summed E-state index contributed by atoms with van der Waals surface area (Å²) in [5.41, 5.74) is 2.01.